The summed E-state index contributed by atoms with van der Waals surface area (Å²) in [6, 6.07) is 6.66. The highest BCUT2D eigenvalue weighted by atomic mass is 19.4. The fourth-order valence-electron chi connectivity index (χ4n) is 2.16. The molecule has 0 heterocycles. The first-order chi connectivity index (χ1) is 12.6. The Hall–Kier alpha value is -2.79. The summed E-state index contributed by atoms with van der Waals surface area (Å²) in [6.07, 6.45) is -9.56. The van der Waals surface area contributed by atoms with Gasteiger partial charge in [-0.25, -0.2) is 0 Å². The Kier molecular flexibility index (Phi) is 5.96. The predicted molar refractivity (Wildman–Crippen MR) is 81.1 cm³/mol. The maximum atomic E-state index is 12.7. The van der Waals surface area contributed by atoms with Crippen LogP contribution in [0, 0.1) is 0 Å². The third-order valence-electron chi connectivity index (χ3n) is 3.40. The van der Waals surface area contributed by atoms with E-state index < -0.39 is 29.7 Å². The average Bonchev–Trinajstić information content (AvgIpc) is 2.57. The van der Waals surface area contributed by atoms with Gasteiger partial charge >= 0.3 is 12.4 Å². The van der Waals surface area contributed by atoms with Crippen LogP contribution in [0.2, 0.25) is 0 Å². The SMILES string of the molecule is O/N=C(/c1ccc(Oc2ccc(C(NO)C(F)(F)F)cc2)cc1)C(F)(F)F. The second-order valence-electron chi connectivity index (χ2n) is 5.25. The highest BCUT2D eigenvalue weighted by Gasteiger charge is 2.40. The average molecular weight is 394 g/mol. The summed E-state index contributed by atoms with van der Waals surface area (Å²) in [5.74, 6) is 0.232. The second kappa shape index (κ2) is 7.84. The quantitative estimate of drug-likeness (QED) is 0.295. The predicted octanol–water partition coefficient (Wildman–Crippen LogP) is 4.80. The number of rotatable bonds is 5. The van der Waals surface area contributed by atoms with Gasteiger partial charge in [0.15, 0.2) is 11.8 Å². The molecule has 0 spiro atoms. The molecule has 0 bridgehead atoms. The van der Waals surface area contributed by atoms with Crippen LogP contribution in [0.25, 0.3) is 0 Å². The van der Waals surface area contributed by atoms with Gasteiger partial charge in [-0.2, -0.15) is 31.8 Å². The molecule has 2 rings (SSSR count). The minimum atomic E-state index is -4.84. The molecule has 0 fully saturated rings. The Morgan fingerprint density at radius 2 is 1.37 bits per heavy atom. The molecule has 0 aromatic heterocycles. The second-order valence-corrected chi connectivity index (χ2v) is 5.25. The zero-order valence-electron chi connectivity index (χ0n) is 13.2. The maximum absolute atomic E-state index is 12.7. The van der Waals surface area contributed by atoms with Gasteiger partial charge in [-0.05, 0) is 42.0 Å². The van der Waals surface area contributed by atoms with E-state index in [1.807, 2.05) is 0 Å². The van der Waals surface area contributed by atoms with Gasteiger partial charge in [-0.3, -0.25) is 0 Å². The molecule has 0 saturated heterocycles. The lowest BCUT2D eigenvalue weighted by Gasteiger charge is -2.19. The molecule has 2 aromatic carbocycles. The van der Waals surface area contributed by atoms with E-state index in [4.69, 9.17) is 15.2 Å². The topological polar surface area (TPSA) is 74.1 Å². The van der Waals surface area contributed by atoms with Crippen molar-refractivity contribution < 1.29 is 41.5 Å². The zero-order valence-corrected chi connectivity index (χ0v) is 13.2. The van der Waals surface area contributed by atoms with Gasteiger partial charge in [0.1, 0.15) is 11.5 Å². The lowest BCUT2D eigenvalue weighted by atomic mass is 10.1. The van der Waals surface area contributed by atoms with E-state index in [0.29, 0.717) is 0 Å². The van der Waals surface area contributed by atoms with E-state index in [-0.39, 0.29) is 17.1 Å². The van der Waals surface area contributed by atoms with Crippen LogP contribution in [0.3, 0.4) is 0 Å². The fraction of sp³-hybridized carbons (Fsp3) is 0.188. The molecule has 3 N–H and O–H groups in total. The van der Waals surface area contributed by atoms with Crippen molar-refractivity contribution in [2.45, 2.75) is 18.4 Å². The van der Waals surface area contributed by atoms with Gasteiger partial charge in [0, 0.05) is 5.56 Å². The number of hydrogen-bond acceptors (Lipinski definition) is 5. The summed E-state index contributed by atoms with van der Waals surface area (Å²) >= 11 is 0. The first-order valence-electron chi connectivity index (χ1n) is 7.20. The lowest BCUT2D eigenvalue weighted by molar-refractivity contribution is -0.178. The van der Waals surface area contributed by atoms with Crippen LogP contribution >= 0.6 is 0 Å². The van der Waals surface area contributed by atoms with Gasteiger partial charge in [0.25, 0.3) is 0 Å². The van der Waals surface area contributed by atoms with Crippen LogP contribution in [-0.4, -0.2) is 28.5 Å². The zero-order chi connectivity index (χ0) is 20.2. The highest BCUT2D eigenvalue weighted by Crippen LogP contribution is 2.33. The molecule has 0 aliphatic rings. The van der Waals surface area contributed by atoms with Crippen molar-refractivity contribution in [3.8, 4) is 11.5 Å². The number of ether oxygens (including phenoxy) is 1. The number of nitrogens with zero attached hydrogens (tertiary/aromatic N) is 1. The van der Waals surface area contributed by atoms with Crippen molar-refractivity contribution in [3.63, 3.8) is 0 Å². The van der Waals surface area contributed by atoms with E-state index >= 15 is 0 Å². The van der Waals surface area contributed by atoms with Gasteiger partial charge in [0.05, 0.1) is 0 Å². The normalized spacial score (nSPS) is 14.1. The van der Waals surface area contributed by atoms with Crippen molar-refractivity contribution in [1.29, 1.82) is 0 Å². The van der Waals surface area contributed by atoms with E-state index in [1.54, 1.807) is 0 Å². The number of benzene rings is 2. The largest absolute Gasteiger partial charge is 0.457 e. The van der Waals surface area contributed by atoms with Gasteiger partial charge in [0.2, 0.25) is 0 Å². The molecule has 27 heavy (non-hydrogen) atoms. The number of oxime groups is 1. The molecule has 0 aliphatic carbocycles. The minimum Gasteiger partial charge on any atom is -0.457 e. The monoisotopic (exact) mass is 394 g/mol. The maximum Gasteiger partial charge on any atom is 0.437 e. The van der Waals surface area contributed by atoms with Crippen LogP contribution in [0.4, 0.5) is 26.3 Å². The third kappa shape index (κ3) is 5.11. The fourth-order valence-corrected chi connectivity index (χ4v) is 2.16. The molecule has 5 nitrogen and oxygen atoms in total. The van der Waals surface area contributed by atoms with E-state index in [1.165, 1.54) is 29.7 Å². The molecule has 146 valence electrons. The van der Waals surface area contributed by atoms with Crippen LogP contribution in [0.15, 0.2) is 53.7 Å². The van der Waals surface area contributed by atoms with Gasteiger partial charge in [-0.1, -0.05) is 17.3 Å². The molecule has 0 radical (unpaired) electrons. The number of nitrogens with one attached hydrogen (secondary N) is 1. The van der Waals surface area contributed by atoms with E-state index in [0.717, 1.165) is 24.3 Å². The van der Waals surface area contributed by atoms with Crippen molar-refractivity contribution >= 4 is 5.71 Å². The van der Waals surface area contributed by atoms with Crippen LogP contribution in [0.5, 0.6) is 11.5 Å². The first-order valence-corrected chi connectivity index (χ1v) is 7.20. The molecular formula is C16H12F6N2O3. The lowest BCUT2D eigenvalue weighted by Crippen LogP contribution is -2.31. The van der Waals surface area contributed by atoms with Crippen molar-refractivity contribution in [3.05, 3.63) is 59.7 Å². The van der Waals surface area contributed by atoms with Crippen molar-refractivity contribution in [1.82, 2.24) is 5.48 Å². The Morgan fingerprint density at radius 1 is 0.889 bits per heavy atom. The molecule has 0 aliphatic heterocycles. The molecular weight excluding hydrogens is 382 g/mol. The Labute approximate surface area is 148 Å². The number of halogens is 6. The summed E-state index contributed by atoms with van der Waals surface area (Å²) in [7, 11) is 0. The van der Waals surface area contributed by atoms with Crippen LogP contribution in [0.1, 0.15) is 17.2 Å². The number of alkyl halides is 6. The smallest absolute Gasteiger partial charge is 0.437 e. The molecule has 11 heteroatoms. The summed E-state index contributed by atoms with van der Waals surface area (Å²) in [6.45, 7) is 0. The number of hydrogen-bond donors (Lipinski definition) is 3. The Morgan fingerprint density at radius 3 is 1.74 bits per heavy atom. The first kappa shape index (κ1) is 20.5. The highest BCUT2D eigenvalue weighted by molar-refractivity contribution is 6.04. The molecule has 2 aromatic rings. The standard InChI is InChI=1S/C16H12F6N2O3/c17-15(18,19)13(23-25)9-1-5-11(6-2-9)27-12-7-3-10(4-8-12)14(24-26)16(20,21)22/h1-8,13,23,25-26H/b24-14-. The number of hydroxylamine groups is 1. The summed E-state index contributed by atoms with van der Waals surface area (Å²) in [4.78, 5) is 0. The van der Waals surface area contributed by atoms with Crippen LogP contribution in [-0.2, 0) is 0 Å². The minimum absolute atomic E-state index is 0.110. The molecule has 0 saturated carbocycles. The molecule has 1 unspecified atom stereocenters. The van der Waals surface area contributed by atoms with E-state index in [9.17, 15) is 26.3 Å². The Balaban J connectivity index is 2.14. The molecule has 0 amide bonds. The third-order valence-corrected chi connectivity index (χ3v) is 3.40. The van der Waals surface area contributed by atoms with Crippen molar-refractivity contribution in [2.24, 2.45) is 5.16 Å². The summed E-state index contributed by atoms with van der Waals surface area (Å²) in [5.41, 5.74) is -0.962. The van der Waals surface area contributed by atoms with Crippen molar-refractivity contribution in [2.75, 3.05) is 0 Å². The van der Waals surface area contributed by atoms with E-state index in [2.05, 4.69) is 5.16 Å². The Bertz CT molecular complexity index is 786. The van der Waals surface area contributed by atoms with Crippen LogP contribution < -0.4 is 10.2 Å². The van der Waals surface area contributed by atoms with Gasteiger partial charge < -0.3 is 15.2 Å². The summed E-state index contributed by atoms with van der Waals surface area (Å²) in [5, 5.41) is 19.4. The molecule has 1 atom stereocenters. The van der Waals surface area contributed by atoms with Gasteiger partial charge in [-0.15, -0.1) is 0 Å². The summed E-state index contributed by atoms with van der Waals surface area (Å²) < 4.78 is 81.4.